The van der Waals surface area contributed by atoms with Gasteiger partial charge in [-0.05, 0) is 31.9 Å². The molecule has 0 radical (unpaired) electrons. The lowest BCUT2D eigenvalue weighted by Crippen LogP contribution is -2.74. The Labute approximate surface area is 288 Å². The van der Waals surface area contributed by atoms with Crippen molar-refractivity contribution in [3.63, 3.8) is 0 Å². The van der Waals surface area contributed by atoms with E-state index in [4.69, 9.17) is 15.0 Å². The van der Waals surface area contributed by atoms with Crippen molar-refractivity contribution in [3.05, 3.63) is 200 Å². The van der Waals surface area contributed by atoms with Crippen molar-refractivity contribution >= 4 is 28.8 Å². The SMILES string of the molecule is c1ccc(-c2nc(-c3ccccc3)nc(-c3ccc(-c4ccc([Si](c5ccccc5)(c5ccccc5)c5ccccc5)cc4)cc3)n2)cc1. The number of benzene rings is 7. The Morgan fingerprint density at radius 1 is 0.224 bits per heavy atom. The van der Waals surface area contributed by atoms with Crippen molar-refractivity contribution in [2.75, 3.05) is 0 Å². The molecule has 0 unspecified atom stereocenters. The molecule has 49 heavy (non-hydrogen) atoms. The van der Waals surface area contributed by atoms with E-state index in [0.717, 1.165) is 27.8 Å². The van der Waals surface area contributed by atoms with Crippen LogP contribution in [-0.2, 0) is 0 Å². The second-order valence-electron chi connectivity index (χ2n) is 12.0. The zero-order valence-corrected chi connectivity index (χ0v) is 27.9. The van der Waals surface area contributed by atoms with Crippen molar-refractivity contribution in [1.82, 2.24) is 15.0 Å². The van der Waals surface area contributed by atoms with Gasteiger partial charge in [0.2, 0.25) is 0 Å². The van der Waals surface area contributed by atoms with Crippen LogP contribution in [-0.4, -0.2) is 23.0 Å². The predicted molar refractivity (Wildman–Crippen MR) is 205 cm³/mol. The van der Waals surface area contributed by atoms with E-state index in [0.29, 0.717) is 17.5 Å². The van der Waals surface area contributed by atoms with Crippen LogP contribution < -0.4 is 20.7 Å². The van der Waals surface area contributed by atoms with Crippen molar-refractivity contribution in [2.24, 2.45) is 0 Å². The number of rotatable bonds is 8. The van der Waals surface area contributed by atoms with Gasteiger partial charge in [0, 0.05) is 16.7 Å². The molecule has 0 aliphatic carbocycles. The van der Waals surface area contributed by atoms with Gasteiger partial charge < -0.3 is 0 Å². The van der Waals surface area contributed by atoms with E-state index in [1.165, 1.54) is 20.7 Å². The molecule has 8 rings (SSSR count). The fourth-order valence-electron chi connectivity index (χ4n) is 6.73. The molecule has 7 aromatic carbocycles. The molecule has 0 bridgehead atoms. The monoisotopic (exact) mass is 643 g/mol. The molecule has 0 saturated carbocycles. The summed E-state index contributed by atoms with van der Waals surface area (Å²) >= 11 is 0. The lowest BCUT2D eigenvalue weighted by atomic mass is 10.0. The molecular formula is C45H33N3Si. The second kappa shape index (κ2) is 13.5. The molecular weight excluding hydrogens is 611 g/mol. The largest absolute Gasteiger partial charge is 0.208 e. The Balaban J connectivity index is 1.18. The summed E-state index contributed by atoms with van der Waals surface area (Å²) in [5.41, 5.74) is 5.17. The Morgan fingerprint density at radius 2 is 0.469 bits per heavy atom. The van der Waals surface area contributed by atoms with Gasteiger partial charge in [0.25, 0.3) is 0 Å². The summed E-state index contributed by atoms with van der Waals surface area (Å²) in [6.07, 6.45) is 0. The highest BCUT2D eigenvalue weighted by atomic mass is 28.3. The van der Waals surface area contributed by atoms with Crippen LogP contribution in [0.25, 0.3) is 45.3 Å². The van der Waals surface area contributed by atoms with Crippen LogP contribution in [0.2, 0.25) is 0 Å². The number of nitrogens with zero attached hydrogens (tertiary/aromatic N) is 3. The molecule has 4 heteroatoms. The van der Waals surface area contributed by atoms with Crippen molar-refractivity contribution in [2.45, 2.75) is 0 Å². The molecule has 1 aromatic heterocycles. The third-order valence-corrected chi connectivity index (χ3v) is 13.9. The van der Waals surface area contributed by atoms with Crippen molar-refractivity contribution in [3.8, 4) is 45.3 Å². The van der Waals surface area contributed by atoms with Crippen LogP contribution in [0.5, 0.6) is 0 Å². The molecule has 8 aromatic rings. The van der Waals surface area contributed by atoms with Gasteiger partial charge in [-0.25, -0.2) is 15.0 Å². The molecule has 0 fully saturated rings. The molecule has 0 spiro atoms. The smallest absolute Gasteiger partial charge is 0.179 e. The fraction of sp³-hybridized carbons (Fsp3) is 0. The Morgan fingerprint density at radius 3 is 0.816 bits per heavy atom. The Kier molecular flexibility index (Phi) is 8.29. The summed E-state index contributed by atoms with van der Waals surface area (Å²) in [6.45, 7) is 0. The van der Waals surface area contributed by atoms with Gasteiger partial charge in [-0.3, -0.25) is 0 Å². The van der Waals surface area contributed by atoms with E-state index in [2.05, 4.69) is 140 Å². The highest BCUT2D eigenvalue weighted by Crippen LogP contribution is 2.27. The molecule has 0 aliphatic rings. The molecule has 0 N–H and O–H groups in total. The molecule has 0 amide bonds. The Bertz CT molecular complexity index is 2120. The lowest BCUT2D eigenvalue weighted by Gasteiger charge is -2.34. The summed E-state index contributed by atoms with van der Waals surface area (Å²) in [4.78, 5) is 14.7. The summed E-state index contributed by atoms with van der Waals surface area (Å²) < 4.78 is 0. The fourth-order valence-corrected chi connectivity index (χ4v) is 11.5. The van der Waals surface area contributed by atoms with Crippen LogP contribution in [0.3, 0.4) is 0 Å². The summed E-state index contributed by atoms with van der Waals surface area (Å²) in [5, 5.41) is 5.45. The van der Waals surface area contributed by atoms with Crippen molar-refractivity contribution < 1.29 is 0 Å². The minimum Gasteiger partial charge on any atom is -0.208 e. The quantitative estimate of drug-likeness (QED) is 0.125. The summed E-state index contributed by atoms with van der Waals surface area (Å²) in [7, 11) is -2.57. The number of hydrogen-bond acceptors (Lipinski definition) is 3. The van der Waals surface area contributed by atoms with Gasteiger partial charge in [-0.2, -0.15) is 0 Å². The Hall–Kier alpha value is -6.23. The molecule has 0 aliphatic heterocycles. The maximum atomic E-state index is 4.91. The standard InChI is InChI=1S/C45H33N3Si/c1-6-16-36(17-7-1)43-46-44(37-18-8-2-9-19-37)48-45(47-43)38-28-26-34(27-29-38)35-30-32-42(33-31-35)49(39-20-10-3-11-21-39,40-22-12-4-13-23-40)41-24-14-5-15-25-41/h1-33H. The van der Waals surface area contributed by atoms with Crippen LogP contribution in [0.1, 0.15) is 0 Å². The van der Waals surface area contributed by atoms with Gasteiger partial charge in [0.15, 0.2) is 25.5 Å². The third-order valence-electron chi connectivity index (χ3n) is 9.11. The first kappa shape index (κ1) is 30.1. The predicted octanol–water partition coefficient (Wildman–Crippen LogP) is 7.92. The third kappa shape index (κ3) is 5.90. The number of hydrogen-bond donors (Lipinski definition) is 0. The minimum absolute atomic E-state index is 0.652. The average Bonchev–Trinajstić information content (AvgIpc) is 3.20. The van der Waals surface area contributed by atoms with Gasteiger partial charge in [-0.15, -0.1) is 0 Å². The topological polar surface area (TPSA) is 38.7 Å². The molecule has 0 saturated heterocycles. The highest BCUT2D eigenvalue weighted by Gasteiger charge is 2.41. The van der Waals surface area contributed by atoms with Gasteiger partial charge in [0.05, 0.1) is 0 Å². The minimum atomic E-state index is -2.57. The van der Waals surface area contributed by atoms with E-state index >= 15 is 0 Å². The lowest BCUT2D eigenvalue weighted by molar-refractivity contribution is 1.07. The maximum Gasteiger partial charge on any atom is 0.179 e. The van der Waals surface area contributed by atoms with Gasteiger partial charge >= 0.3 is 0 Å². The molecule has 3 nitrogen and oxygen atoms in total. The second-order valence-corrected chi connectivity index (χ2v) is 15.9. The molecule has 1 heterocycles. The van der Waals surface area contributed by atoms with Crippen LogP contribution >= 0.6 is 0 Å². The van der Waals surface area contributed by atoms with E-state index in [1.54, 1.807) is 0 Å². The van der Waals surface area contributed by atoms with Crippen LogP contribution in [0.4, 0.5) is 0 Å². The van der Waals surface area contributed by atoms with E-state index in [1.807, 2.05) is 60.7 Å². The first-order chi connectivity index (χ1) is 24.3. The average molecular weight is 644 g/mol. The number of aromatic nitrogens is 3. The normalized spacial score (nSPS) is 11.3. The van der Waals surface area contributed by atoms with E-state index in [-0.39, 0.29) is 0 Å². The first-order valence-corrected chi connectivity index (χ1v) is 18.5. The van der Waals surface area contributed by atoms with Crippen LogP contribution in [0.15, 0.2) is 200 Å². The summed E-state index contributed by atoms with van der Waals surface area (Å²) in [6, 6.07) is 71.0. The zero-order chi connectivity index (χ0) is 32.9. The van der Waals surface area contributed by atoms with E-state index < -0.39 is 8.07 Å². The van der Waals surface area contributed by atoms with Crippen LogP contribution in [0, 0.1) is 0 Å². The van der Waals surface area contributed by atoms with Gasteiger partial charge in [0.1, 0.15) is 0 Å². The molecule has 0 atom stereocenters. The first-order valence-electron chi connectivity index (χ1n) is 16.5. The van der Waals surface area contributed by atoms with Crippen molar-refractivity contribution in [1.29, 1.82) is 0 Å². The summed E-state index contributed by atoms with van der Waals surface area (Å²) in [5.74, 6) is 1.97. The maximum absolute atomic E-state index is 4.91. The van der Waals surface area contributed by atoms with E-state index in [9.17, 15) is 0 Å². The zero-order valence-electron chi connectivity index (χ0n) is 26.9. The highest BCUT2D eigenvalue weighted by molar-refractivity contribution is 7.19. The molecule has 232 valence electrons. The van der Waals surface area contributed by atoms with Gasteiger partial charge in [-0.1, -0.05) is 200 Å².